The minimum absolute atomic E-state index is 0.310. The highest BCUT2D eigenvalue weighted by molar-refractivity contribution is 6.05. The van der Waals surface area contributed by atoms with Crippen LogP contribution in [0.2, 0.25) is 0 Å². The zero-order chi connectivity index (χ0) is 20.4. The van der Waals surface area contributed by atoms with Gasteiger partial charge in [0.2, 0.25) is 6.23 Å². The Kier molecular flexibility index (Phi) is 5.24. The summed E-state index contributed by atoms with van der Waals surface area (Å²) < 4.78 is 7.59. The maximum Gasteiger partial charge on any atom is 0.243 e. The second kappa shape index (κ2) is 7.98. The average Bonchev–Trinajstić information content (AvgIpc) is 3.35. The highest BCUT2D eigenvalue weighted by Crippen LogP contribution is 2.30. The Balaban J connectivity index is 1.62. The van der Waals surface area contributed by atoms with Gasteiger partial charge in [-0.15, -0.1) is 0 Å². The lowest BCUT2D eigenvalue weighted by atomic mass is 9.99. The van der Waals surface area contributed by atoms with Crippen LogP contribution >= 0.6 is 0 Å². The van der Waals surface area contributed by atoms with Crippen molar-refractivity contribution in [2.75, 3.05) is 20.8 Å². The fraction of sp³-hybridized carbons (Fsp3) is 0.381. The first kappa shape index (κ1) is 19.0. The molecular weight excluding hydrogens is 370 g/mol. The highest BCUT2D eigenvalue weighted by atomic mass is 16.7. The quantitative estimate of drug-likeness (QED) is 0.573. The Morgan fingerprint density at radius 2 is 2.21 bits per heavy atom. The number of aryl methyl sites for hydroxylation is 1. The Labute approximate surface area is 170 Å². The first-order chi connectivity index (χ1) is 14.1. The van der Waals surface area contributed by atoms with E-state index in [1.807, 2.05) is 36.7 Å². The molecule has 0 N–H and O–H groups in total. The number of ether oxygens (including phenoxy) is 1. The summed E-state index contributed by atoms with van der Waals surface area (Å²) in [7, 11) is 3.21. The SMILES string of the molecule is CO/N=C(\C)[C@@H]1ON=C2/C(=C/c3ccc(-n4cnc(C)c4)c(OC)c3)CCCN21. The Morgan fingerprint density at radius 3 is 2.93 bits per heavy atom. The van der Waals surface area contributed by atoms with Gasteiger partial charge < -0.3 is 23.9 Å². The van der Waals surface area contributed by atoms with Crippen LogP contribution in [-0.4, -0.2) is 53.0 Å². The van der Waals surface area contributed by atoms with Gasteiger partial charge in [0.25, 0.3) is 0 Å². The minimum atomic E-state index is -0.310. The van der Waals surface area contributed by atoms with Crippen LogP contribution in [-0.2, 0) is 9.68 Å². The van der Waals surface area contributed by atoms with Gasteiger partial charge in [-0.1, -0.05) is 16.4 Å². The van der Waals surface area contributed by atoms with Crippen molar-refractivity contribution in [1.29, 1.82) is 0 Å². The molecule has 1 atom stereocenters. The number of imidazole rings is 1. The van der Waals surface area contributed by atoms with Gasteiger partial charge in [-0.2, -0.15) is 0 Å². The predicted molar refractivity (Wildman–Crippen MR) is 111 cm³/mol. The first-order valence-corrected chi connectivity index (χ1v) is 9.58. The van der Waals surface area contributed by atoms with Gasteiger partial charge in [0.15, 0.2) is 5.84 Å². The van der Waals surface area contributed by atoms with Crippen molar-refractivity contribution in [3.63, 3.8) is 0 Å². The lowest BCUT2D eigenvalue weighted by Crippen LogP contribution is -2.44. The molecule has 0 bridgehead atoms. The highest BCUT2D eigenvalue weighted by Gasteiger charge is 2.36. The van der Waals surface area contributed by atoms with E-state index in [4.69, 9.17) is 14.4 Å². The largest absolute Gasteiger partial charge is 0.495 e. The van der Waals surface area contributed by atoms with Gasteiger partial charge in [0.1, 0.15) is 18.6 Å². The molecule has 0 radical (unpaired) electrons. The molecule has 2 aliphatic rings. The summed E-state index contributed by atoms with van der Waals surface area (Å²) in [6.07, 6.45) is 7.56. The van der Waals surface area contributed by atoms with Crippen molar-refractivity contribution in [3.8, 4) is 11.4 Å². The molecule has 3 heterocycles. The summed E-state index contributed by atoms with van der Waals surface area (Å²) in [5.74, 6) is 1.65. The van der Waals surface area contributed by atoms with Crippen molar-refractivity contribution in [1.82, 2.24) is 14.5 Å². The van der Waals surface area contributed by atoms with E-state index in [1.165, 1.54) is 7.11 Å². The number of piperidine rings is 1. The Bertz CT molecular complexity index is 992. The van der Waals surface area contributed by atoms with Crippen LogP contribution in [0.25, 0.3) is 11.8 Å². The molecule has 0 aliphatic carbocycles. The van der Waals surface area contributed by atoms with Crippen LogP contribution in [0.3, 0.4) is 0 Å². The smallest absolute Gasteiger partial charge is 0.243 e. The van der Waals surface area contributed by atoms with E-state index in [2.05, 4.69) is 32.3 Å². The molecule has 1 aromatic heterocycles. The normalized spacial score (nSPS) is 20.3. The molecule has 1 saturated heterocycles. The molecule has 0 spiro atoms. The summed E-state index contributed by atoms with van der Waals surface area (Å²) in [5, 5.41) is 8.33. The summed E-state index contributed by atoms with van der Waals surface area (Å²) in [6, 6.07) is 6.14. The summed E-state index contributed by atoms with van der Waals surface area (Å²) in [5.41, 5.74) is 4.84. The van der Waals surface area contributed by atoms with Crippen LogP contribution in [0.4, 0.5) is 0 Å². The summed E-state index contributed by atoms with van der Waals surface area (Å²) >= 11 is 0. The van der Waals surface area contributed by atoms with Crippen LogP contribution < -0.4 is 4.74 Å². The topological polar surface area (TPSA) is 73.5 Å². The van der Waals surface area contributed by atoms with Gasteiger partial charge in [-0.25, -0.2) is 4.98 Å². The van der Waals surface area contributed by atoms with E-state index in [0.717, 1.165) is 59.2 Å². The first-order valence-electron chi connectivity index (χ1n) is 9.58. The fourth-order valence-corrected chi connectivity index (χ4v) is 3.72. The Hall–Kier alpha value is -3.29. The third-order valence-electron chi connectivity index (χ3n) is 5.05. The molecule has 8 nitrogen and oxygen atoms in total. The van der Waals surface area contributed by atoms with Crippen molar-refractivity contribution < 1.29 is 14.4 Å². The molecule has 1 fully saturated rings. The fourth-order valence-electron chi connectivity index (χ4n) is 3.72. The second-order valence-corrected chi connectivity index (χ2v) is 7.11. The predicted octanol–water partition coefficient (Wildman–Crippen LogP) is 3.36. The van der Waals surface area contributed by atoms with Crippen molar-refractivity contribution in [2.24, 2.45) is 10.3 Å². The van der Waals surface area contributed by atoms with Gasteiger partial charge in [-0.05, 0) is 56.0 Å². The van der Waals surface area contributed by atoms with Gasteiger partial charge in [0.05, 0.1) is 24.8 Å². The number of hydrogen-bond acceptors (Lipinski definition) is 7. The number of hydrogen-bond donors (Lipinski definition) is 0. The lowest BCUT2D eigenvalue weighted by Gasteiger charge is -2.29. The molecule has 4 rings (SSSR count). The van der Waals surface area contributed by atoms with Gasteiger partial charge in [-0.3, -0.25) is 0 Å². The summed E-state index contributed by atoms with van der Waals surface area (Å²) in [4.78, 5) is 17.0. The average molecular weight is 395 g/mol. The number of fused-ring (bicyclic) bond motifs is 1. The maximum absolute atomic E-state index is 5.63. The minimum Gasteiger partial charge on any atom is -0.495 e. The van der Waals surface area contributed by atoms with Crippen molar-refractivity contribution >= 4 is 17.6 Å². The number of aromatic nitrogens is 2. The molecule has 8 heteroatoms. The molecule has 152 valence electrons. The van der Waals surface area contributed by atoms with Gasteiger partial charge in [0, 0.05) is 12.7 Å². The molecule has 0 saturated carbocycles. The number of oxime groups is 2. The van der Waals surface area contributed by atoms with Crippen LogP contribution in [0, 0.1) is 6.92 Å². The number of rotatable bonds is 5. The number of methoxy groups -OCH3 is 1. The molecule has 2 aliphatic heterocycles. The van der Waals surface area contributed by atoms with E-state index in [1.54, 1.807) is 13.4 Å². The van der Waals surface area contributed by atoms with Crippen LogP contribution in [0.15, 0.2) is 46.6 Å². The van der Waals surface area contributed by atoms with Crippen molar-refractivity contribution in [2.45, 2.75) is 32.9 Å². The van der Waals surface area contributed by atoms with Crippen molar-refractivity contribution in [3.05, 3.63) is 47.6 Å². The lowest BCUT2D eigenvalue weighted by molar-refractivity contribution is 0.0564. The van der Waals surface area contributed by atoms with Crippen LogP contribution in [0.1, 0.15) is 31.0 Å². The zero-order valence-electron chi connectivity index (χ0n) is 17.1. The maximum atomic E-state index is 5.63. The standard InChI is InChI=1S/C21H25N5O3/c1-14-12-25(13-22-14)18-8-7-16(11-19(18)27-3)10-17-6-5-9-26-20(17)24-29-21(26)15(2)23-28-4/h7-8,10-13,21H,5-6,9H2,1-4H3/b17-10+,23-15+/t21-/m0/s1. The molecule has 0 unspecified atom stereocenters. The van der Waals surface area contributed by atoms with E-state index in [0.29, 0.717) is 0 Å². The summed E-state index contributed by atoms with van der Waals surface area (Å²) in [6.45, 7) is 4.72. The van der Waals surface area contributed by atoms with E-state index >= 15 is 0 Å². The second-order valence-electron chi connectivity index (χ2n) is 7.11. The molecule has 29 heavy (non-hydrogen) atoms. The van der Waals surface area contributed by atoms with Crippen LogP contribution in [0.5, 0.6) is 5.75 Å². The van der Waals surface area contributed by atoms with E-state index in [-0.39, 0.29) is 6.23 Å². The van der Waals surface area contributed by atoms with E-state index < -0.39 is 0 Å². The third-order valence-corrected chi connectivity index (χ3v) is 5.05. The number of nitrogens with zero attached hydrogens (tertiary/aromatic N) is 5. The molecule has 0 amide bonds. The van der Waals surface area contributed by atoms with Gasteiger partial charge >= 0.3 is 0 Å². The zero-order valence-corrected chi connectivity index (χ0v) is 17.1. The van der Waals surface area contributed by atoms with E-state index in [9.17, 15) is 0 Å². The molecular formula is C21H25N5O3. The molecule has 1 aromatic carbocycles. The molecule has 2 aromatic rings. The Morgan fingerprint density at radius 1 is 1.34 bits per heavy atom. The third kappa shape index (κ3) is 3.70. The number of benzene rings is 1. The number of amidine groups is 1. The monoisotopic (exact) mass is 395 g/mol.